The van der Waals surface area contributed by atoms with E-state index >= 15 is 0 Å². The number of esters is 2. The van der Waals surface area contributed by atoms with E-state index in [9.17, 15) is 9.59 Å². The van der Waals surface area contributed by atoms with Crippen molar-refractivity contribution in [2.45, 2.75) is 38.5 Å². The van der Waals surface area contributed by atoms with Gasteiger partial charge in [-0.05, 0) is 42.7 Å². The van der Waals surface area contributed by atoms with Crippen LogP contribution in [-0.2, 0) is 30.9 Å². The van der Waals surface area contributed by atoms with E-state index in [2.05, 4.69) is 29.1 Å². The van der Waals surface area contributed by atoms with E-state index in [0.717, 1.165) is 54.5 Å². The number of carbonyl (C=O) groups excluding carboxylic acids is 2. The summed E-state index contributed by atoms with van der Waals surface area (Å²) in [4.78, 5) is 31.2. The van der Waals surface area contributed by atoms with E-state index in [-0.39, 0.29) is 18.5 Å². The highest BCUT2D eigenvalue weighted by Gasteiger charge is 2.54. The van der Waals surface area contributed by atoms with Gasteiger partial charge in [0.25, 0.3) is 0 Å². The molecular formula is C23H28N2O4. The van der Waals surface area contributed by atoms with Gasteiger partial charge in [-0.15, -0.1) is 0 Å². The Hall–Kier alpha value is -2.76. The summed E-state index contributed by atoms with van der Waals surface area (Å²) in [6.07, 6.45) is 4.65. The first kappa shape index (κ1) is 19.6. The summed E-state index contributed by atoms with van der Waals surface area (Å²) < 4.78 is 10.9. The van der Waals surface area contributed by atoms with Crippen molar-refractivity contribution in [1.82, 2.24) is 9.88 Å². The summed E-state index contributed by atoms with van der Waals surface area (Å²) in [6, 6.07) is 8.11. The van der Waals surface area contributed by atoms with Crippen LogP contribution in [0.5, 0.6) is 0 Å². The fraction of sp³-hybridized carbons (Fsp3) is 0.478. The zero-order chi connectivity index (χ0) is 20.6. The molecule has 0 unspecified atom stereocenters. The number of aromatic amines is 1. The molecule has 0 aliphatic carbocycles. The molecule has 0 fully saturated rings. The van der Waals surface area contributed by atoms with Gasteiger partial charge in [0, 0.05) is 42.5 Å². The second-order valence-corrected chi connectivity index (χ2v) is 7.95. The summed E-state index contributed by atoms with van der Waals surface area (Å²) in [5, 5.41) is 1.11. The molecule has 2 bridgehead atoms. The van der Waals surface area contributed by atoms with Gasteiger partial charge in [0.1, 0.15) is 12.0 Å². The van der Waals surface area contributed by atoms with E-state index in [1.165, 1.54) is 19.6 Å². The topological polar surface area (TPSA) is 71.6 Å². The molecule has 154 valence electrons. The Morgan fingerprint density at radius 2 is 2.07 bits per heavy atom. The van der Waals surface area contributed by atoms with E-state index < -0.39 is 11.4 Å². The molecule has 1 aromatic heterocycles. The molecule has 5 rings (SSSR count). The van der Waals surface area contributed by atoms with E-state index in [0.29, 0.717) is 0 Å². The number of hydrogen-bond donors (Lipinski definition) is 1. The number of aromatic nitrogens is 1. The average Bonchev–Trinajstić information content (AvgIpc) is 3.14. The molecule has 4 heterocycles. The Morgan fingerprint density at radius 3 is 2.79 bits per heavy atom. The Labute approximate surface area is 170 Å². The van der Waals surface area contributed by atoms with Crippen molar-refractivity contribution in [3.05, 3.63) is 47.3 Å². The third kappa shape index (κ3) is 3.11. The fourth-order valence-electron chi connectivity index (χ4n) is 5.09. The Bertz CT molecular complexity index is 976. The number of rotatable bonds is 4. The first-order valence-corrected chi connectivity index (χ1v) is 10.3. The lowest BCUT2D eigenvalue weighted by Crippen LogP contribution is -2.51. The van der Waals surface area contributed by atoms with E-state index in [1.54, 1.807) is 0 Å². The standard InChI is InChI=1S/C23H28N2O4/c1-4-16-13-25-11-9-18-17-7-5-6-8-20(17)24-21(18)23(22(27)28-3,14-29-15(2)26)19(16)10-12-25/h5-8,13,19,24H,4,9-12,14H2,1-3H3/t19-,23+/m1/s1. The van der Waals surface area contributed by atoms with Gasteiger partial charge in [-0.25, -0.2) is 0 Å². The van der Waals surface area contributed by atoms with Crippen molar-refractivity contribution >= 4 is 22.8 Å². The molecule has 2 atom stereocenters. The average molecular weight is 396 g/mol. The van der Waals surface area contributed by atoms with E-state index in [4.69, 9.17) is 9.47 Å². The van der Waals surface area contributed by atoms with Crippen LogP contribution >= 0.6 is 0 Å². The van der Waals surface area contributed by atoms with Crippen molar-refractivity contribution in [2.24, 2.45) is 5.92 Å². The number of fused-ring (bicyclic) bond motifs is 3. The van der Waals surface area contributed by atoms with Gasteiger partial charge >= 0.3 is 11.9 Å². The summed E-state index contributed by atoms with van der Waals surface area (Å²) in [7, 11) is 1.41. The Balaban J connectivity index is 2.03. The third-order valence-electron chi connectivity index (χ3n) is 6.47. The van der Waals surface area contributed by atoms with Crippen molar-refractivity contribution in [2.75, 3.05) is 26.8 Å². The minimum absolute atomic E-state index is 0.0309. The molecule has 0 saturated heterocycles. The van der Waals surface area contributed by atoms with Crippen molar-refractivity contribution < 1.29 is 19.1 Å². The maximum Gasteiger partial charge on any atom is 0.321 e. The van der Waals surface area contributed by atoms with E-state index in [1.807, 2.05) is 18.2 Å². The molecule has 0 amide bonds. The second-order valence-electron chi connectivity index (χ2n) is 7.95. The maximum absolute atomic E-state index is 13.5. The van der Waals surface area contributed by atoms with Crippen LogP contribution in [-0.4, -0.2) is 48.6 Å². The van der Waals surface area contributed by atoms with Gasteiger partial charge in [-0.3, -0.25) is 9.59 Å². The predicted molar refractivity (Wildman–Crippen MR) is 110 cm³/mol. The lowest BCUT2D eigenvalue weighted by Gasteiger charge is -2.41. The van der Waals surface area contributed by atoms with Crippen molar-refractivity contribution in [1.29, 1.82) is 0 Å². The number of nitrogens with one attached hydrogen (secondary N) is 1. The fourth-order valence-corrected chi connectivity index (χ4v) is 5.09. The highest BCUT2D eigenvalue weighted by atomic mass is 16.5. The van der Waals surface area contributed by atoms with Gasteiger partial charge in [-0.2, -0.15) is 0 Å². The molecule has 0 spiro atoms. The quantitative estimate of drug-likeness (QED) is 0.803. The number of benzene rings is 1. The van der Waals surface area contributed by atoms with Crippen molar-refractivity contribution in [3.8, 4) is 0 Å². The number of para-hydroxylation sites is 1. The molecule has 6 nitrogen and oxygen atoms in total. The van der Waals surface area contributed by atoms with Crippen LogP contribution in [0, 0.1) is 5.92 Å². The second kappa shape index (κ2) is 7.58. The lowest BCUT2D eigenvalue weighted by atomic mass is 9.66. The molecule has 1 N–H and O–H groups in total. The molecule has 2 aromatic rings. The van der Waals surface area contributed by atoms with Crippen LogP contribution in [0.3, 0.4) is 0 Å². The Kier molecular flexibility index (Phi) is 5.11. The number of H-pyrrole nitrogens is 1. The molecule has 1 aromatic carbocycles. The monoisotopic (exact) mass is 396 g/mol. The van der Waals surface area contributed by atoms with Crippen LogP contribution in [0.2, 0.25) is 0 Å². The molecule has 29 heavy (non-hydrogen) atoms. The molecule has 0 radical (unpaired) electrons. The first-order chi connectivity index (χ1) is 14.0. The maximum atomic E-state index is 13.5. The summed E-state index contributed by atoms with van der Waals surface area (Å²) in [5.74, 6) is -0.850. The number of methoxy groups -OCH3 is 1. The number of carbonyl (C=O) groups is 2. The zero-order valence-corrected chi connectivity index (χ0v) is 17.3. The third-order valence-corrected chi connectivity index (χ3v) is 6.47. The minimum atomic E-state index is -1.09. The number of hydrogen-bond acceptors (Lipinski definition) is 5. The van der Waals surface area contributed by atoms with Gasteiger partial charge in [-0.1, -0.05) is 25.1 Å². The number of ether oxygens (including phenoxy) is 2. The summed E-state index contributed by atoms with van der Waals surface area (Å²) in [5.41, 5.74) is 3.04. The lowest BCUT2D eigenvalue weighted by molar-refractivity contribution is -0.157. The highest BCUT2D eigenvalue weighted by Crippen LogP contribution is 2.46. The van der Waals surface area contributed by atoms with Crippen LogP contribution < -0.4 is 0 Å². The minimum Gasteiger partial charge on any atom is -0.468 e. The number of nitrogens with zero attached hydrogens (tertiary/aromatic N) is 1. The van der Waals surface area contributed by atoms with Gasteiger partial charge in [0.15, 0.2) is 0 Å². The molecule has 3 aliphatic heterocycles. The van der Waals surface area contributed by atoms with Gasteiger partial charge in [0.05, 0.1) is 7.11 Å². The molecule has 3 aliphatic rings. The number of allylic oxidation sites excluding steroid dienone is 1. The first-order valence-electron chi connectivity index (χ1n) is 10.3. The van der Waals surface area contributed by atoms with Gasteiger partial charge < -0.3 is 19.4 Å². The molecule has 6 heteroatoms. The van der Waals surface area contributed by atoms with Gasteiger partial charge in [0.2, 0.25) is 0 Å². The summed E-state index contributed by atoms with van der Waals surface area (Å²) in [6.45, 7) is 5.22. The van der Waals surface area contributed by atoms with Crippen LogP contribution in [0.4, 0.5) is 0 Å². The zero-order valence-electron chi connectivity index (χ0n) is 17.3. The summed E-state index contributed by atoms with van der Waals surface area (Å²) >= 11 is 0. The SMILES string of the molecule is CCC1=CN2CCc3c([nH]c4ccccc34)[C@@](COC(C)=O)(C(=O)OC)[C@@H]1CC2. The largest absolute Gasteiger partial charge is 0.468 e. The predicted octanol–water partition coefficient (Wildman–Crippen LogP) is 3.31. The van der Waals surface area contributed by atoms with Crippen LogP contribution in [0.1, 0.15) is 37.9 Å². The molecular weight excluding hydrogens is 368 g/mol. The highest BCUT2D eigenvalue weighted by molar-refractivity contribution is 5.91. The van der Waals surface area contributed by atoms with Crippen LogP contribution in [0.25, 0.3) is 10.9 Å². The normalized spacial score (nSPS) is 23.6. The Morgan fingerprint density at radius 1 is 1.28 bits per heavy atom. The smallest absolute Gasteiger partial charge is 0.321 e. The van der Waals surface area contributed by atoms with Crippen molar-refractivity contribution in [3.63, 3.8) is 0 Å². The van der Waals surface area contributed by atoms with Crippen LogP contribution in [0.15, 0.2) is 36.0 Å². The molecule has 0 saturated carbocycles.